The highest BCUT2D eigenvalue weighted by Gasteiger charge is 2.41. The fourth-order valence-corrected chi connectivity index (χ4v) is 3.35. The Kier molecular flexibility index (Phi) is 3.83. The number of hydrogen-bond donors (Lipinski definition) is 0. The maximum Gasteiger partial charge on any atom is 0.101 e. The molecule has 2 aromatic rings. The van der Waals surface area contributed by atoms with Crippen LogP contribution in [0.4, 0.5) is 5.69 Å². The molecule has 0 saturated carbocycles. The smallest absolute Gasteiger partial charge is 0.101 e. The predicted octanol–water partition coefficient (Wildman–Crippen LogP) is 3.26. The Balaban J connectivity index is 1.37. The van der Waals surface area contributed by atoms with E-state index in [0.29, 0.717) is 0 Å². The highest BCUT2D eigenvalue weighted by Crippen LogP contribution is 2.28. The minimum Gasteiger partial charge on any atom is -0.369 e. The lowest BCUT2D eigenvalue weighted by atomic mass is 10.1. The van der Waals surface area contributed by atoms with Crippen LogP contribution in [0.15, 0.2) is 54.6 Å². The molecule has 0 amide bonds. The van der Waals surface area contributed by atoms with E-state index >= 15 is 0 Å². The number of piperazine rings is 1. The zero-order valence-electron chi connectivity index (χ0n) is 13.7. The minimum absolute atomic E-state index is 0.138. The van der Waals surface area contributed by atoms with E-state index in [-0.39, 0.29) is 5.60 Å². The summed E-state index contributed by atoms with van der Waals surface area (Å²) in [4.78, 5) is 5.02. The standard InChI is InChI=1S/C20H24N2O/c1-20(16-23-20)15-21-11-13-22(14-12-21)19-9-7-18(8-10-19)17-5-3-2-4-6-17/h2-10H,11-16H2,1H3. The number of epoxide rings is 1. The van der Waals surface area contributed by atoms with Gasteiger partial charge in [-0.15, -0.1) is 0 Å². The first-order valence-corrected chi connectivity index (χ1v) is 8.49. The van der Waals surface area contributed by atoms with Gasteiger partial charge in [-0.05, 0) is 30.2 Å². The van der Waals surface area contributed by atoms with Crippen LogP contribution in [0.1, 0.15) is 6.92 Å². The van der Waals surface area contributed by atoms with Crippen LogP contribution >= 0.6 is 0 Å². The summed E-state index contributed by atoms with van der Waals surface area (Å²) in [5, 5.41) is 0. The number of nitrogens with zero attached hydrogens (tertiary/aromatic N) is 2. The summed E-state index contributed by atoms with van der Waals surface area (Å²) in [6, 6.07) is 19.5. The van der Waals surface area contributed by atoms with Crippen molar-refractivity contribution in [2.45, 2.75) is 12.5 Å². The molecule has 120 valence electrons. The summed E-state index contributed by atoms with van der Waals surface area (Å²) in [7, 11) is 0. The van der Waals surface area contributed by atoms with Crippen molar-refractivity contribution in [2.24, 2.45) is 0 Å². The fourth-order valence-electron chi connectivity index (χ4n) is 3.35. The van der Waals surface area contributed by atoms with E-state index in [1.807, 2.05) is 0 Å². The number of hydrogen-bond acceptors (Lipinski definition) is 3. The van der Waals surface area contributed by atoms with Crippen molar-refractivity contribution in [2.75, 3.05) is 44.2 Å². The minimum atomic E-state index is 0.138. The fraction of sp³-hybridized carbons (Fsp3) is 0.400. The summed E-state index contributed by atoms with van der Waals surface area (Å²) < 4.78 is 5.51. The summed E-state index contributed by atoms with van der Waals surface area (Å²) >= 11 is 0. The van der Waals surface area contributed by atoms with E-state index in [1.165, 1.54) is 16.8 Å². The Morgan fingerprint density at radius 3 is 2.09 bits per heavy atom. The van der Waals surface area contributed by atoms with Gasteiger partial charge >= 0.3 is 0 Å². The second kappa shape index (κ2) is 5.99. The molecule has 2 aliphatic heterocycles. The van der Waals surface area contributed by atoms with Crippen molar-refractivity contribution in [1.29, 1.82) is 0 Å². The van der Waals surface area contributed by atoms with Gasteiger partial charge in [-0.2, -0.15) is 0 Å². The first-order valence-electron chi connectivity index (χ1n) is 8.49. The largest absolute Gasteiger partial charge is 0.369 e. The molecule has 2 fully saturated rings. The quantitative estimate of drug-likeness (QED) is 0.808. The Morgan fingerprint density at radius 2 is 1.48 bits per heavy atom. The SMILES string of the molecule is CC1(CN2CCN(c3ccc(-c4ccccc4)cc3)CC2)CO1. The third kappa shape index (κ3) is 3.41. The van der Waals surface area contributed by atoms with Crippen LogP contribution in [0.3, 0.4) is 0 Å². The van der Waals surface area contributed by atoms with Gasteiger partial charge in [0.25, 0.3) is 0 Å². The predicted molar refractivity (Wildman–Crippen MR) is 94.9 cm³/mol. The summed E-state index contributed by atoms with van der Waals surface area (Å²) in [6.45, 7) is 8.66. The third-order valence-corrected chi connectivity index (χ3v) is 4.91. The van der Waals surface area contributed by atoms with Crippen molar-refractivity contribution < 1.29 is 4.74 Å². The van der Waals surface area contributed by atoms with Crippen LogP contribution in [0.25, 0.3) is 11.1 Å². The van der Waals surface area contributed by atoms with Gasteiger partial charge in [0.2, 0.25) is 0 Å². The van der Waals surface area contributed by atoms with Crippen LogP contribution in [-0.2, 0) is 4.74 Å². The molecule has 2 heterocycles. The molecule has 0 bridgehead atoms. The second-order valence-electron chi connectivity index (χ2n) is 6.91. The monoisotopic (exact) mass is 308 g/mol. The molecule has 2 aliphatic rings. The first kappa shape index (κ1) is 14.7. The molecule has 1 unspecified atom stereocenters. The maximum atomic E-state index is 5.51. The molecule has 3 nitrogen and oxygen atoms in total. The molecule has 0 N–H and O–H groups in total. The summed E-state index contributed by atoms with van der Waals surface area (Å²) in [6.07, 6.45) is 0. The molecule has 0 aliphatic carbocycles. The van der Waals surface area contributed by atoms with E-state index in [1.54, 1.807) is 0 Å². The van der Waals surface area contributed by atoms with E-state index < -0.39 is 0 Å². The lowest BCUT2D eigenvalue weighted by molar-refractivity contribution is 0.188. The zero-order valence-corrected chi connectivity index (χ0v) is 13.7. The van der Waals surface area contributed by atoms with Crippen LogP contribution in [0.2, 0.25) is 0 Å². The van der Waals surface area contributed by atoms with Crippen LogP contribution in [-0.4, -0.2) is 49.8 Å². The molecular formula is C20H24N2O. The Morgan fingerprint density at radius 1 is 0.870 bits per heavy atom. The van der Waals surface area contributed by atoms with Gasteiger partial charge in [-0.25, -0.2) is 0 Å². The number of ether oxygens (including phenoxy) is 1. The van der Waals surface area contributed by atoms with Crippen molar-refractivity contribution >= 4 is 5.69 Å². The summed E-state index contributed by atoms with van der Waals surface area (Å²) in [5.41, 5.74) is 4.03. The first-order chi connectivity index (χ1) is 11.2. The molecule has 2 aromatic carbocycles. The van der Waals surface area contributed by atoms with Gasteiger partial charge in [0.05, 0.1) is 6.61 Å². The highest BCUT2D eigenvalue weighted by molar-refractivity contribution is 5.66. The topological polar surface area (TPSA) is 19.0 Å². The average Bonchev–Trinajstić information content (AvgIpc) is 3.33. The van der Waals surface area contributed by atoms with Crippen molar-refractivity contribution in [3.63, 3.8) is 0 Å². The molecule has 23 heavy (non-hydrogen) atoms. The molecular weight excluding hydrogens is 284 g/mol. The number of anilines is 1. The van der Waals surface area contributed by atoms with Gasteiger partial charge in [0.1, 0.15) is 5.60 Å². The zero-order chi connectivity index (χ0) is 15.7. The Labute approximate surface area is 138 Å². The van der Waals surface area contributed by atoms with Crippen LogP contribution < -0.4 is 4.90 Å². The van der Waals surface area contributed by atoms with E-state index in [0.717, 1.165) is 39.3 Å². The van der Waals surface area contributed by atoms with Crippen molar-refractivity contribution in [3.05, 3.63) is 54.6 Å². The lowest BCUT2D eigenvalue weighted by Crippen LogP contribution is -2.48. The van der Waals surface area contributed by atoms with Gasteiger partial charge in [-0.1, -0.05) is 42.5 Å². The molecule has 2 saturated heterocycles. The molecule has 4 rings (SSSR count). The lowest BCUT2D eigenvalue weighted by Gasteiger charge is -2.36. The van der Waals surface area contributed by atoms with Crippen molar-refractivity contribution in [1.82, 2.24) is 4.90 Å². The Bertz CT molecular complexity index is 641. The molecule has 1 atom stereocenters. The normalized spacial score (nSPS) is 24.7. The Hall–Kier alpha value is -1.84. The number of benzene rings is 2. The summed E-state index contributed by atoms with van der Waals surface area (Å²) in [5.74, 6) is 0. The van der Waals surface area contributed by atoms with Crippen LogP contribution in [0, 0.1) is 0 Å². The molecule has 0 spiro atoms. The average molecular weight is 308 g/mol. The van der Waals surface area contributed by atoms with Gasteiger partial charge in [0.15, 0.2) is 0 Å². The maximum absolute atomic E-state index is 5.51. The molecule has 0 radical (unpaired) electrons. The van der Waals surface area contributed by atoms with Gasteiger partial charge < -0.3 is 9.64 Å². The number of rotatable bonds is 4. The second-order valence-corrected chi connectivity index (χ2v) is 6.91. The molecule has 0 aromatic heterocycles. The van der Waals surface area contributed by atoms with E-state index in [2.05, 4.69) is 71.3 Å². The third-order valence-electron chi connectivity index (χ3n) is 4.91. The van der Waals surface area contributed by atoms with Crippen molar-refractivity contribution in [3.8, 4) is 11.1 Å². The highest BCUT2D eigenvalue weighted by atomic mass is 16.6. The van der Waals surface area contributed by atoms with E-state index in [9.17, 15) is 0 Å². The van der Waals surface area contributed by atoms with Gasteiger partial charge in [-0.3, -0.25) is 4.90 Å². The molecule has 3 heteroatoms. The van der Waals surface area contributed by atoms with Crippen LogP contribution in [0.5, 0.6) is 0 Å². The van der Waals surface area contributed by atoms with Gasteiger partial charge in [0, 0.05) is 38.4 Å². The van der Waals surface area contributed by atoms with E-state index in [4.69, 9.17) is 4.74 Å².